The third-order valence-corrected chi connectivity index (χ3v) is 5.62. The fourth-order valence-electron chi connectivity index (χ4n) is 4.68. The zero-order chi connectivity index (χ0) is 15.3. The van der Waals surface area contributed by atoms with Crippen LogP contribution in [0.1, 0.15) is 29.2 Å². The predicted octanol–water partition coefficient (Wildman–Crippen LogP) is 2.98. The first-order valence-electron chi connectivity index (χ1n) is 8.28. The Kier molecular flexibility index (Phi) is 3.35. The van der Waals surface area contributed by atoms with Gasteiger partial charge in [-0.1, -0.05) is 18.2 Å². The second kappa shape index (κ2) is 5.25. The molecule has 22 heavy (non-hydrogen) atoms. The lowest BCUT2D eigenvalue weighted by atomic mass is 9.72. The van der Waals surface area contributed by atoms with E-state index in [0.717, 1.165) is 25.9 Å². The maximum Gasteiger partial charge on any atom is 0.0471 e. The molecule has 1 aromatic heterocycles. The summed E-state index contributed by atoms with van der Waals surface area (Å²) >= 11 is 0. The molecule has 0 amide bonds. The van der Waals surface area contributed by atoms with Gasteiger partial charge in [0.15, 0.2) is 0 Å². The number of H-pyrrole nitrogens is 1. The van der Waals surface area contributed by atoms with Crippen molar-refractivity contribution in [2.45, 2.75) is 31.7 Å². The number of benzene rings is 1. The number of fused-ring (bicyclic) bond motifs is 2. The number of likely N-dealkylation sites (tertiary alicyclic amines) is 1. The molecule has 1 aromatic carbocycles. The van der Waals surface area contributed by atoms with Crippen LogP contribution in [0.25, 0.3) is 10.9 Å². The summed E-state index contributed by atoms with van der Waals surface area (Å²) in [5.74, 6) is 0.898. The normalized spacial score (nSPS) is 27.8. The van der Waals surface area contributed by atoms with E-state index in [2.05, 4.69) is 41.6 Å². The molecule has 3 nitrogen and oxygen atoms in total. The Bertz CT molecular complexity index is 718. The fraction of sp³-hybridized carbons (Fsp3) is 0.474. The Hall–Kier alpha value is -1.58. The van der Waals surface area contributed by atoms with Crippen molar-refractivity contribution < 1.29 is 5.11 Å². The second-order valence-corrected chi connectivity index (χ2v) is 6.90. The van der Waals surface area contributed by atoms with E-state index >= 15 is 0 Å². The minimum Gasteiger partial charge on any atom is -0.396 e. The third-order valence-electron chi connectivity index (χ3n) is 5.62. The van der Waals surface area contributed by atoms with Gasteiger partial charge in [-0.3, -0.25) is 4.90 Å². The average Bonchev–Trinajstić information content (AvgIpc) is 2.85. The molecule has 2 heterocycles. The van der Waals surface area contributed by atoms with Gasteiger partial charge in [0.05, 0.1) is 0 Å². The molecule has 116 valence electrons. The molecule has 2 N–H and O–H groups in total. The molecular weight excluding hydrogens is 272 g/mol. The van der Waals surface area contributed by atoms with Crippen molar-refractivity contribution in [3.8, 4) is 0 Å². The molecular formula is C19H24N2O. The van der Waals surface area contributed by atoms with E-state index in [1.807, 2.05) is 6.08 Å². The van der Waals surface area contributed by atoms with Crippen LogP contribution in [0.4, 0.5) is 0 Å². The van der Waals surface area contributed by atoms with E-state index in [4.69, 9.17) is 0 Å². The molecule has 0 bridgehead atoms. The highest BCUT2D eigenvalue weighted by Gasteiger charge is 2.40. The highest BCUT2D eigenvalue weighted by atomic mass is 16.3. The number of hydrogen-bond acceptors (Lipinski definition) is 2. The van der Waals surface area contributed by atoms with Crippen LogP contribution in [0, 0.1) is 12.8 Å². The minimum atomic E-state index is 0.284. The van der Waals surface area contributed by atoms with Crippen molar-refractivity contribution in [3.05, 3.63) is 47.7 Å². The number of nitrogens with zero attached hydrogens (tertiary/aromatic N) is 1. The van der Waals surface area contributed by atoms with E-state index in [0.29, 0.717) is 17.9 Å². The van der Waals surface area contributed by atoms with Gasteiger partial charge >= 0.3 is 0 Å². The maximum atomic E-state index is 9.70. The highest BCUT2D eigenvalue weighted by Crippen LogP contribution is 2.45. The lowest BCUT2D eigenvalue weighted by molar-refractivity contribution is 0.0660. The number of piperidine rings is 1. The summed E-state index contributed by atoms with van der Waals surface area (Å²) in [7, 11) is 0. The molecule has 0 radical (unpaired) electrons. The number of aromatic amines is 1. The number of aliphatic hydroxyl groups is 1. The van der Waals surface area contributed by atoms with E-state index in [-0.39, 0.29) is 6.61 Å². The van der Waals surface area contributed by atoms with Gasteiger partial charge in [-0.25, -0.2) is 0 Å². The molecule has 1 aliphatic heterocycles. The van der Waals surface area contributed by atoms with Gasteiger partial charge in [0, 0.05) is 48.3 Å². The van der Waals surface area contributed by atoms with E-state index in [1.165, 1.54) is 27.7 Å². The fourth-order valence-corrected chi connectivity index (χ4v) is 4.68. The molecule has 4 rings (SSSR count). The maximum absolute atomic E-state index is 9.70. The Morgan fingerprint density at radius 3 is 3.09 bits per heavy atom. The Morgan fingerprint density at radius 2 is 2.32 bits per heavy atom. The van der Waals surface area contributed by atoms with Crippen LogP contribution in [-0.2, 0) is 6.42 Å². The number of aliphatic hydroxyl groups excluding tert-OH is 1. The average molecular weight is 296 g/mol. The topological polar surface area (TPSA) is 39.3 Å². The summed E-state index contributed by atoms with van der Waals surface area (Å²) in [6.07, 6.45) is 4.20. The van der Waals surface area contributed by atoms with Crippen LogP contribution in [0.15, 0.2) is 30.9 Å². The van der Waals surface area contributed by atoms with Gasteiger partial charge in [0.1, 0.15) is 0 Å². The lowest BCUT2D eigenvalue weighted by Crippen LogP contribution is -2.50. The second-order valence-electron chi connectivity index (χ2n) is 6.90. The summed E-state index contributed by atoms with van der Waals surface area (Å²) in [6, 6.07) is 7.18. The van der Waals surface area contributed by atoms with Crippen molar-refractivity contribution in [2.24, 2.45) is 5.92 Å². The van der Waals surface area contributed by atoms with Crippen LogP contribution in [0.5, 0.6) is 0 Å². The van der Waals surface area contributed by atoms with Crippen molar-refractivity contribution in [1.82, 2.24) is 9.88 Å². The molecule has 3 heteroatoms. The summed E-state index contributed by atoms with van der Waals surface area (Å²) in [5, 5.41) is 11.1. The molecule has 0 saturated carbocycles. The first kappa shape index (κ1) is 14.0. The predicted molar refractivity (Wildman–Crippen MR) is 90.2 cm³/mol. The van der Waals surface area contributed by atoms with Crippen molar-refractivity contribution in [3.63, 3.8) is 0 Å². The quantitative estimate of drug-likeness (QED) is 0.855. The molecule has 2 aliphatic rings. The Labute approximate surface area is 131 Å². The summed E-state index contributed by atoms with van der Waals surface area (Å²) in [5.41, 5.74) is 5.54. The number of aryl methyl sites for hydroxylation is 1. The van der Waals surface area contributed by atoms with Crippen molar-refractivity contribution in [2.75, 3.05) is 19.7 Å². The van der Waals surface area contributed by atoms with Crippen LogP contribution < -0.4 is 0 Å². The zero-order valence-electron chi connectivity index (χ0n) is 13.2. The third kappa shape index (κ3) is 1.96. The van der Waals surface area contributed by atoms with Gasteiger partial charge in [0.25, 0.3) is 0 Å². The molecule has 3 atom stereocenters. The van der Waals surface area contributed by atoms with Crippen LogP contribution in [0.3, 0.4) is 0 Å². The number of nitrogens with one attached hydrogen (secondary N) is 1. The van der Waals surface area contributed by atoms with Gasteiger partial charge < -0.3 is 10.1 Å². The lowest BCUT2D eigenvalue weighted by Gasteiger charge is -2.46. The summed E-state index contributed by atoms with van der Waals surface area (Å²) in [6.45, 7) is 8.29. The number of rotatable bonds is 3. The van der Waals surface area contributed by atoms with Crippen LogP contribution in [-0.4, -0.2) is 40.7 Å². The van der Waals surface area contributed by atoms with Gasteiger partial charge in [0.2, 0.25) is 0 Å². The Balaban J connectivity index is 1.84. The van der Waals surface area contributed by atoms with Crippen LogP contribution >= 0.6 is 0 Å². The minimum absolute atomic E-state index is 0.284. The SMILES string of the molecule is C=CCN1CC(CO)C[C@@H]2c3cccc4[nH]c(C)c(c34)C[C@H]21. The van der Waals surface area contributed by atoms with E-state index < -0.39 is 0 Å². The van der Waals surface area contributed by atoms with Gasteiger partial charge in [-0.2, -0.15) is 0 Å². The summed E-state index contributed by atoms with van der Waals surface area (Å²) in [4.78, 5) is 6.08. The highest BCUT2D eigenvalue weighted by molar-refractivity contribution is 5.89. The standard InChI is InChI=1S/C19H24N2O/c1-3-7-21-10-13(11-22)8-16-14-5-4-6-17-19(14)15(9-18(16)21)12(2)20-17/h3-6,13,16,18,20,22H,1,7-11H2,2H3/t13?,16-,18-/m1/s1. The monoisotopic (exact) mass is 296 g/mol. The van der Waals surface area contributed by atoms with Crippen molar-refractivity contribution >= 4 is 10.9 Å². The number of aromatic nitrogens is 1. The van der Waals surface area contributed by atoms with Gasteiger partial charge in [-0.15, -0.1) is 6.58 Å². The number of hydrogen-bond donors (Lipinski definition) is 2. The molecule has 0 spiro atoms. The van der Waals surface area contributed by atoms with Crippen molar-refractivity contribution in [1.29, 1.82) is 0 Å². The Morgan fingerprint density at radius 1 is 1.45 bits per heavy atom. The van der Waals surface area contributed by atoms with E-state index in [9.17, 15) is 5.11 Å². The first-order valence-corrected chi connectivity index (χ1v) is 8.28. The van der Waals surface area contributed by atoms with Crippen LogP contribution in [0.2, 0.25) is 0 Å². The first-order chi connectivity index (χ1) is 10.7. The largest absolute Gasteiger partial charge is 0.396 e. The molecule has 2 aromatic rings. The summed E-state index contributed by atoms with van der Waals surface area (Å²) < 4.78 is 0. The zero-order valence-corrected chi connectivity index (χ0v) is 13.2. The molecule has 1 aliphatic carbocycles. The molecule has 1 saturated heterocycles. The smallest absolute Gasteiger partial charge is 0.0471 e. The molecule has 1 fully saturated rings. The van der Waals surface area contributed by atoms with E-state index in [1.54, 1.807) is 0 Å². The van der Waals surface area contributed by atoms with Gasteiger partial charge in [-0.05, 0) is 42.9 Å². The molecule has 1 unspecified atom stereocenters.